The summed E-state index contributed by atoms with van der Waals surface area (Å²) in [5.41, 5.74) is 2.62. The number of carbonyl (C=O) groups is 2. The first-order valence-electron chi connectivity index (χ1n) is 10.1. The van der Waals surface area contributed by atoms with Gasteiger partial charge in [0.15, 0.2) is 0 Å². The number of aryl methyl sites for hydroxylation is 1. The van der Waals surface area contributed by atoms with Crippen molar-refractivity contribution in [1.82, 2.24) is 4.90 Å². The highest BCUT2D eigenvalue weighted by Gasteiger charge is 2.46. The predicted molar refractivity (Wildman–Crippen MR) is 121 cm³/mol. The lowest BCUT2D eigenvalue weighted by Gasteiger charge is -2.24. The number of amides is 1. The molecule has 1 saturated heterocycles. The van der Waals surface area contributed by atoms with Gasteiger partial charge >= 0.3 is 0 Å². The van der Waals surface area contributed by atoms with Crippen LogP contribution in [0, 0.1) is 0 Å². The van der Waals surface area contributed by atoms with Crippen molar-refractivity contribution in [1.29, 1.82) is 0 Å². The molecule has 0 spiro atoms. The zero-order valence-corrected chi connectivity index (χ0v) is 18.2. The van der Waals surface area contributed by atoms with E-state index in [-0.39, 0.29) is 17.9 Å². The van der Waals surface area contributed by atoms with Gasteiger partial charge in [0.2, 0.25) is 0 Å². The molecule has 0 radical (unpaired) electrons. The standard InChI is InChI=1S/C25H23NO4S/c1-3-16-9-11-18(12-10-16)23(27)21-22(20-8-5-13-31-20)26(25(29)24(21)28)15-17-6-4-7-19(14-17)30-2/h4-14,22,27H,3,15H2,1-2H3/b23-21-. The second-order valence-corrected chi connectivity index (χ2v) is 8.32. The largest absolute Gasteiger partial charge is 0.507 e. The SMILES string of the molecule is CCc1ccc(/C(O)=C2/C(=O)C(=O)N(Cc3cccc(OC)c3)C2c2cccs2)cc1. The van der Waals surface area contributed by atoms with Crippen molar-refractivity contribution < 1.29 is 19.4 Å². The van der Waals surface area contributed by atoms with E-state index in [0.29, 0.717) is 11.3 Å². The maximum absolute atomic E-state index is 13.0. The van der Waals surface area contributed by atoms with Gasteiger partial charge in [-0.15, -0.1) is 11.3 Å². The smallest absolute Gasteiger partial charge is 0.295 e. The highest BCUT2D eigenvalue weighted by atomic mass is 32.1. The van der Waals surface area contributed by atoms with E-state index in [1.165, 1.54) is 16.2 Å². The van der Waals surface area contributed by atoms with Gasteiger partial charge in [-0.1, -0.05) is 49.4 Å². The summed E-state index contributed by atoms with van der Waals surface area (Å²) in [5.74, 6) is -0.753. The first kappa shape index (κ1) is 20.9. The molecule has 0 saturated carbocycles. The van der Waals surface area contributed by atoms with Crippen LogP contribution in [0.1, 0.15) is 34.5 Å². The Morgan fingerprint density at radius 3 is 2.48 bits per heavy atom. The zero-order chi connectivity index (χ0) is 22.0. The molecule has 4 rings (SSSR count). The lowest BCUT2D eigenvalue weighted by Crippen LogP contribution is -2.28. The summed E-state index contributed by atoms with van der Waals surface area (Å²) in [7, 11) is 1.58. The maximum atomic E-state index is 13.0. The molecule has 0 bridgehead atoms. The number of benzene rings is 2. The third kappa shape index (κ3) is 3.99. The van der Waals surface area contributed by atoms with E-state index in [0.717, 1.165) is 22.4 Å². The van der Waals surface area contributed by atoms with Gasteiger partial charge in [-0.25, -0.2) is 0 Å². The number of aliphatic hydroxyl groups excluding tert-OH is 1. The van der Waals surface area contributed by atoms with Crippen LogP contribution in [0.25, 0.3) is 5.76 Å². The van der Waals surface area contributed by atoms with Crippen LogP contribution in [-0.2, 0) is 22.6 Å². The summed E-state index contributed by atoms with van der Waals surface area (Å²) < 4.78 is 5.28. The molecular weight excluding hydrogens is 410 g/mol. The topological polar surface area (TPSA) is 66.8 Å². The van der Waals surface area contributed by atoms with Gasteiger partial charge < -0.3 is 14.7 Å². The molecule has 1 unspecified atom stereocenters. The van der Waals surface area contributed by atoms with Crippen LogP contribution in [0.4, 0.5) is 0 Å². The van der Waals surface area contributed by atoms with Gasteiger partial charge in [0, 0.05) is 17.0 Å². The minimum Gasteiger partial charge on any atom is -0.507 e. The van der Waals surface area contributed by atoms with Gasteiger partial charge in [-0.2, -0.15) is 0 Å². The van der Waals surface area contributed by atoms with Crippen LogP contribution < -0.4 is 4.74 Å². The van der Waals surface area contributed by atoms with Gasteiger partial charge in [0.25, 0.3) is 11.7 Å². The Bertz CT molecular complexity index is 1130. The minimum absolute atomic E-state index is 0.125. The normalized spacial score (nSPS) is 17.9. The quantitative estimate of drug-likeness (QED) is 0.340. The molecule has 6 heteroatoms. The van der Waals surface area contributed by atoms with Crippen LogP contribution >= 0.6 is 11.3 Å². The average Bonchev–Trinajstić information content (AvgIpc) is 3.41. The van der Waals surface area contributed by atoms with E-state index in [1.54, 1.807) is 19.2 Å². The van der Waals surface area contributed by atoms with E-state index in [1.807, 2.05) is 53.9 Å². The van der Waals surface area contributed by atoms with Crippen LogP contribution in [0.5, 0.6) is 5.75 Å². The molecule has 5 nitrogen and oxygen atoms in total. The molecule has 1 aliphatic rings. The number of hydrogen-bond acceptors (Lipinski definition) is 5. The third-order valence-electron chi connectivity index (χ3n) is 5.48. The van der Waals surface area contributed by atoms with Crippen molar-refractivity contribution >= 4 is 28.8 Å². The van der Waals surface area contributed by atoms with Crippen LogP contribution in [0.15, 0.2) is 71.6 Å². The highest BCUT2D eigenvalue weighted by molar-refractivity contribution is 7.10. The Morgan fingerprint density at radius 1 is 1.06 bits per heavy atom. The van der Waals surface area contributed by atoms with Crippen LogP contribution in [0.3, 0.4) is 0 Å². The van der Waals surface area contributed by atoms with Crippen molar-refractivity contribution in [2.75, 3.05) is 7.11 Å². The number of Topliss-reactive ketones (excluding diaryl/α,β-unsaturated/α-hetero) is 1. The van der Waals surface area contributed by atoms with Crippen LogP contribution in [0.2, 0.25) is 0 Å². The molecule has 1 atom stereocenters. The number of aliphatic hydroxyl groups is 1. The molecule has 2 aromatic carbocycles. The summed E-state index contributed by atoms with van der Waals surface area (Å²) in [6, 6.07) is 17.9. The Hall–Kier alpha value is -3.38. The van der Waals surface area contributed by atoms with Crippen molar-refractivity contribution in [2.24, 2.45) is 0 Å². The number of ketones is 1. The van der Waals surface area contributed by atoms with E-state index in [2.05, 4.69) is 6.92 Å². The molecule has 3 aromatic rings. The number of nitrogens with zero attached hydrogens (tertiary/aromatic N) is 1. The fourth-order valence-electron chi connectivity index (χ4n) is 3.81. The molecule has 1 N–H and O–H groups in total. The Kier molecular flexibility index (Phi) is 5.91. The van der Waals surface area contributed by atoms with E-state index < -0.39 is 17.7 Å². The fourth-order valence-corrected chi connectivity index (χ4v) is 4.65. The number of methoxy groups -OCH3 is 1. The molecule has 0 aliphatic carbocycles. The third-order valence-corrected chi connectivity index (χ3v) is 6.40. The Balaban J connectivity index is 1.79. The van der Waals surface area contributed by atoms with Crippen molar-refractivity contribution in [3.63, 3.8) is 0 Å². The van der Waals surface area contributed by atoms with Gasteiger partial charge in [-0.3, -0.25) is 9.59 Å². The second-order valence-electron chi connectivity index (χ2n) is 7.34. The fraction of sp³-hybridized carbons (Fsp3) is 0.200. The highest BCUT2D eigenvalue weighted by Crippen LogP contribution is 2.42. The lowest BCUT2D eigenvalue weighted by molar-refractivity contribution is -0.140. The molecule has 1 fully saturated rings. The Labute approximate surface area is 185 Å². The number of rotatable bonds is 6. The van der Waals surface area contributed by atoms with Crippen molar-refractivity contribution in [3.05, 3.63) is 93.2 Å². The first-order chi connectivity index (χ1) is 15.0. The molecule has 31 heavy (non-hydrogen) atoms. The van der Waals surface area contributed by atoms with Crippen molar-refractivity contribution in [3.8, 4) is 5.75 Å². The molecule has 1 aliphatic heterocycles. The summed E-state index contributed by atoms with van der Waals surface area (Å²) in [5, 5.41) is 13.0. The van der Waals surface area contributed by atoms with Gasteiger partial charge in [-0.05, 0) is 41.1 Å². The number of ether oxygens (including phenoxy) is 1. The Morgan fingerprint density at radius 2 is 1.84 bits per heavy atom. The summed E-state index contributed by atoms with van der Waals surface area (Å²) >= 11 is 1.45. The van der Waals surface area contributed by atoms with Crippen molar-refractivity contribution in [2.45, 2.75) is 25.9 Å². The molecule has 1 aromatic heterocycles. The lowest BCUT2D eigenvalue weighted by atomic mass is 9.99. The zero-order valence-electron chi connectivity index (χ0n) is 17.4. The summed E-state index contributed by atoms with van der Waals surface area (Å²) in [4.78, 5) is 28.4. The van der Waals surface area contributed by atoms with E-state index >= 15 is 0 Å². The van der Waals surface area contributed by atoms with E-state index in [9.17, 15) is 14.7 Å². The monoisotopic (exact) mass is 433 g/mol. The molecule has 2 heterocycles. The van der Waals surface area contributed by atoms with Gasteiger partial charge in [0.1, 0.15) is 11.5 Å². The molecule has 158 valence electrons. The minimum atomic E-state index is -0.668. The predicted octanol–water partition coefficient (Wildman–Crippen LogP) is 4.94. The number of thiophene rings is 1. The van der Waals surface area contributed by atoms with Gasteiger partial charge in [0.05, 0.1) is 18.7 Å². The summed E-state index contributed by atoms with van der Waals surface area (Å²) in [6.45, 7) is 2.28. The molecular formula is C25H23NO4S. The van der Waals surface area contributed by atoms with E-state index in [4.69, 9.17) is 4.74 Å². The first-order valence-corrected chi connectivity index (χ1v) is 11.0. The second kappa shape index (κ2) is 8.78. The number of hydrogen-bond donors (Lipinski definition) is 1. The van der Waals surface area contributed by atoms with Crippen LogP contribution in [-0.4, -0.2) is 28.8 Å². The summed E-state index contributed by atoms with van der Waals surface area (Å²) in [6.07, 6.45) is 0.876. The molecule has 1 amide bonds. The number of likely N-dealkylation sites (tertiary alicyclic amines) is 1. The maximum Gasteiger partial charge on any atom is 0.295 e. The number of carbonyl (C=O) groups excluding carboxylic acids is 2. The average molecular weight is 434 g/mol.